The average Bonchev–Trinajstić information content (AvgIpc) is 3.17. The van der Waals surface area contributed by atoms with E-state index < -0.39 is 5.91 Å². The lowest BCUT2D eigenvalue weighted by molar-refractivity contribution is 0.0917. The number of benzene rings is 1. The van der Waals surface area contributed by atoms with Crippen molar-refractivity contribution in [2.75, 3.05) is 6.61 Å². The Kier molecular flexibility index (Phi) is 4.77. The van der Waals surface area contributed by atoms with Crippen LogP contribution in [0.5, 0.6) is 5.75 Å². The number of carbonyl (C=O) groups excluding carboxylic acids is 1. The Bertz CT molecular complexity index is 858. The van der Waals surface area contributed by atoms with E-state index in [9.17, 15) is 4.79 Å². The van der Waals surface area contributed by atoms with E-state index in [0.29, 0.717) is 11.6 Å². The molecule has 1 atom stereocenters. The van der Waals surface area contributed by atoms with Crippen LogP contribution in [0.4, 0.5) is 0 Å². The van der Waals surface area contributed by atoms with Crippen LogP contribution >= 0.6 is 11.3 Å². The number of ether oxygens (including phenoxy) is 1. The summed E-state index contributed by atoms with van der Waals surface area (Å²) < 4.78 is 12.0. The molecule has 0 bridgehead atoms. The zero-order valence-electron chi connectivity index (χ0n) is 13.3. The number of nitrogens with one attached hydrogen (secondary N) is 1. The van der Waals surface area contributed by atoms with Gasteiger partial charge in [0.1, 0.15) is 12.0 Å². The molecule has 0 spiro atoms. The predicted octanol–water partition coefficient (Wildman–Crippen LogP) is 2.28. The first-order valence-electron chi connectivity index (χ1n) is 7.41. The summed E-state index contributed by atoms with van der Waals surface area (Å²) in [5.41, 5.74) is 1.04. The fourth-order valence-electron chi connectivity index (χ4n) is 2.08. The molecule has 0 saturated heterocycles. The number of carbonyl (C=O) groups is 1. The van der Waals surface area contributed by atoms with E-state index in [1.54, 1.807) is 18.3 Å². The highest BCUT2D eigenvalue weighted by atomic mass is 32.1. The van der Waals surface area contributed by atoms with Crippen molar-refractivity contribution in [2.24, 2.45) is 0 Å². The number of thiazole rings is 1. The predicted molar refractivity (Wildman–Crippen MR) is 89.2 cm³/mol. The number of aliphatic hydroxyl groups excluding tert-OH is 1. The van der Waals surface area contributed by atoms with Crippen LogP contribution in [0, 0.1) is 6.92 Å². The normalized spacial score (nSPS) is 12.3. The third-order valence-electron chi connectivity index (χ3n) is 3.26. The molecule has 24 heavy (non-hydrogen) atoms. The van der Waals surface area contributed by atoms with Crippen LogP contribution in [-0.4, -0.2) is 33.6 Å². The highest BCUT2D eigenvalue weighted by molar-refractivity contribution is 7.18. The van der Waals surface area contributed by atoms with Gasteiger partial charge in [0.25, 0.3) is 5.91 Å². The lowest BCUT2D eigenvalue weighted by Gasteiger charge is -2.08. The van der Waals surface area contributed by atoms with Crippen LogP contribution < -0.4 is 10.1 Å². The molecule has 8 heteroatoms. The summed E-state index contributed by atoms with van der Waals surface area (Å²) in [6.07, 6.45) is 1.27. The van der Waals surface area contributed by atoms with E-state index in [1.165, 1.54) is 6.26 Å². The van der Waals surface area contributed by atoms with Crippen molar-refractivity contribution in [3.63, 3.8) is 0 Å². The Hall–Kier alpha value is -2.45. The van der Waals surface area contributed by atoms with Crippen molar-refractivity contribution in [3.05, 3.63) is 41.1 Å². The molecule has 1 amide bonds. The number of hydrogen-bond donors (Lipinski definition) is 2. The zero-order chi connectivity index (χ0) is 17.1. The maximum Gasteiger partial charge on any atom is 0.273 e. The summed E-state index contributed by atoms with van der Waals surface area (Å²) in [4.78, 5) is 20.4. The van der Waals surface area contributed by atoms with Gasteiger partial charge in [-0.3, -0.25) is 4.79 Å². The SMILES string of the molecule is Cc1nc2cc(OCc3nc(C(=O)N[C@H](C)CO)co3)ccc2s1. The van der Waals surface area contributed by atoms with Crippen LogP contribution in [0.25, 0.3) is 10.2 Å². The molecule has 0 aliphatic carbocycles. The number of oxazole rings is 1. The Morgan fingerprint density at radius 2 is 2.29 bits per heavy atom. The van der Waals surface area contributed by atoms with Crippen molar-refractivity contribution < 1.29 is 19.1 Å². The molecule has 3 aromatic rings. The summed E-state index contributed by atoms with van der Waals surface area (Å²) >= 11 is 1.63. The van der Waals surface area contributed by atoms with Crippen LogP contribution in [0.15, 0.2) is 28.9 Å². The van der Waals surface area contributed by atoms with Crippen molar-refractivity contribution in [1.82, 2.24) is 15.3 Å². The summed E-state index contributed by atoms with van der Waals surface area (Å²) in [5.74, 6) is 0.558. The van der Waals surface area contributed by atoms with E-state index in [4.69, 9.17) is 14.3 Å². The molecule has 0 aliphatic rings. The van der Waals surface area contributed by atoms with E-state index >= 15 is 0 Å². The van der Waals surface area contributed by atoms with Gasteiger partial charge in [-0.05, 0) is 26.0 Å². The van der Waals surface area contributed by atoms with E-state index in [-0.39, 0.29) is 24.9 Å². The summed E-state index contributed by atoms with van der Waals surface area (Å²) in [7, 11) is 0. The van der Waals surface area contributed by atoms with Crippen LogP contribution in [-0.2, 0) is 6.61 Å². The number of fused-ring (bicyclic) bond motifs is 1. The van der Waals surface area contributed by atoms with E-state index in [2.05, 4.69) is 15.3 Å². The van der Waals surface area contributed by atoms with Crippen LogP contribution in [0.1, 0.15) is 28.3 Å². The fourth-order valence-corrected chi connectivity index (χ4v) is 2.89. The Labute approximate surface area is 142 Å². The Morgan fingerprint density at radius 3 is 3.08 bits per heavy atom. The molecule has 126 valence electrons. The van der Waals surface area contributed by atoms with Crippen molar-refractivity contribution >= 4 is 27.5 Å². The minimum atomic E-state index is -0.397. The highest BCUT2D eigenvalue weighted by Crippen LogP contribution is 2.25. The second-order valence-corrected chi connectivity index (χ2v) is 6.57. The van der Waals surface area contributed by atoms with Gasteiger partial charge in [-0.15, -0.1) is 11.3 Å². The molecular formula is C16H17N3O4S. The quantitative estimate of drug-likeness (QED) is 0.710. The van der Waals surface area contributed by atoms with Gasteiger partial charge in [0.05, 0.1) is 21.8 Å². The van der Waals surface area contributed by atoms with Gasteiger partial charge >= 0.3 is 0 Å². The number of aromatic nitrogens is 2. The molecule has 0 saturated carbocycles. The van der Waals surface area contributed by atoms with E-state index in [1.807, 2.05) is 25.1 Å². The molecule has 2 N–H and O–H groups in total. The standard InChI is InChI=1S/C16H17N3O4S/c1-9(6-20)17-16(21)13-7-23-15(19-13)8-22-11-3-4-14-12(5-11)18-10(2)24-14/h3-5,7,9,20H,6,8H2,1-2H3,(H,17,21)/t9-/m1/s1. The molecule has 0 unspecified atom stereocenters. The molecule has 0 fully saturated rings. The third kappa shape index (κ3) is 3.72. The van der Waals surface area contributed by atoms with Crippen LogP contribution in [0.3, 0.4) is 0 Å². The number of nitrogens with zero attached hydrogens (tertiary/aromatic N) is 2. The average molecular weight is 347 g/mol. The maximum atomic E-state index is 11.9. The first-order chi connectivity index (χ1) is 11.5. The molecule has 3 rings (SSSR count). The topological polar surface area (TPSA) is 97.5 Å². The molecule has 0 radical (unpaired) electrons. The van der Waals surface area contributed by atoms with Gasteiger partial charge in [0.2, 0.25) is 5.89 Å². The van der Waals surface area contributed by atoms with Gasteiger partial charge in [-0.25, -0.2) is 9.97 Å². The summed E-state index contributed by atoms with van der Waals surface area (Å²) in [6.45, 7) is 3.62. The van der Waals surface area contributed by atoms with Gasteiger partial charge in [-0.1, -0.05) is 0 Å². The number of rotatable bonds is 6. The fraction of sp³-hybridized carbons (Fsp3) is 0.312. The highest BCUT2D eigenvalue weighted by Gasteiger charge is 2.14. The van der Waals surface area contributed by atoms with E-state index in [0.717, 1.165) is 15.2 Å². The lowest BCUT2D eigenvalue weighted by Crippen LogP contribution is -2.35. The minimum Gasteiger partial charge on any atom is -0.484 e. The molecule has 2 aromatic heterocycles. The van der Waals surface area contributed by atoms with Gasteiger partial charge in [0, 0.05) is 12.1 Å². The summed E-state index contributed by atoms with van der Waals surface area (Å²) in [5, 5.41) is 12.5. The number of hydrogen-bond acceptors (Lipinski definition) is 7. The zero-order valence-corrected chi connectivity index (χ0v) is 14.1. The summed E-state index contributed by atoms with van der Waals surface area (Å²) in [6, 6.07) is 5.33. The van der Waals surface area contributed by atoms with Gasteiger partial charge < -0.3 is 19.6 Å². The lowest BCUT2D eigenvalue weighted by atomic mass is 10.3. The molecule has 7 nitrogen and oxygen atoms in total. The van der Waals surface area contributed by atoms with Gasteiger partial charge in [-0.2, -0.15) is 0 Å². The third-order valence-corrected chi connectivity index (χ3v) is 4.22. The largest absolute Gasteiger partial charge is 0.484 e. The number of amides is 1. The number of aryl methyl sites for hydroxylation is 1. The van der Waals surface area contributed by atoms with Crippen LogP contribution in [0.2, 0.25) is 0 Å². The first-order valence-corrected chi connectivity index (χ1v) is 8.23. The van der Waals surface area contributed by atoms with Crippen molar-refractivity contribution in [1.29, 1.82) is 0 Å². The molecular weight excluding hydrogens is 330 g/mol. The molecule has 0 aliphatic heterocycles. The number of aliphatic hydroxyl groups is 1. The maximum absolute atomic E-state index is 11.9. The van der Waals surface area contributed by atoms with Crippen molar-refractivity contribution in [3.8, 4) is 5.75 Å². The smallest absolute Gasteiger partial charge is 0.273 e. The molecule has 1 aromatic carbocycles. The second-order valence-electron chi connectivity index (χ2n) is 5.33. The monoisotopic (exact) mass is 347 g/mol. The Balaban J connectivity index is 1.62. The molecule has 2 heterocycles. The van der Waals surface area contributed by atoms with Gasteiger partial charge in [0.15, 0.2) is 12.3 Å². The second kappa shape index (κ2) is 6.98. The first kappa shape index (κ1) is 16.4. The Morgan fingerprint density at radius 1 is 1.46 bits per heavy atom. The minimum absolute atomic E-state index is 0.109. The van der Waals surface area contributed by atoms with Crippen molar-refractivity contribution in [2.45, 2.75) is 26.5 Å².